The summed E-state index contributed by atoms with van der Waals surface area (Å²) in [6, 6.07) is 0. The van der Waals surface area contributed by atoms with Crippen molar-refractivity contribution in [2.75, 3.05) is 13.2 Å². The van der Waals surface area contributed by atoms with E-state index in [4.69, 9.17) is 23.7 Å². The van der Waals surface area contributed by atoms with Crippen molar-refractivity contribution in [3.8, 4) is 0 Å². The molecule has 1 aliphatic heterocycles. The summed E-state index contributed by atoms with van der Waals surface area (Å²) in [6.07, 6.45) is 61.3. The molecule has 12 heteroatoms. The molecule has 0 aromatic carbocycles. The maximum atomic E-state index is 13.2. The van der Waals surface area contributed by atoms with Gasteiger partial charge in [0.1, 0.15) is 18.8 Å². The first kappa shape index (κ1) is 74.9. The minimum absolute atomic E-state index is 0.0424. The van der Waals surface area contributed by atoms with Gasteiger partial charge in [0.05, 0.1) is 6.61 Å². The molecule has 0 saturated carbocycles. The molecule has 0 amide bonds. The minimum atomic E-state index is -1.92. The minimum Gasteiger partial charge on any atom is -0.479 e. The average molecular weight is 1140 g/mol. The van der Waals surface area contributed by atoms with Gasteiger partial charge in [-0.1, -0.05) is 260 Å². The summed E-state index contributed by atoms with van der Waals surface area (Å²) in [4.78, 5) is 51.3. The molecule has 0 aromatic heterocycles. The molecule has 12 nitrogen and oxygen atoms in total. The van der Waals surface area contributed by atoms with Crippen molar-refractivity contribution < 1.29 is 58.2 Å². The second-order valence-corrected chi connectivity index (χ2v) is 22.0. The first-order valence-corrected chi connectivity index (χ1v) is 32.6. The van der Waals surface area contributed by atoms with E-state index >= 15 is 0 Å². The third kappa shape index (κ3) is 46.0. The van der Waals surface area contributed by atoms with E-state index in [1.54, 1.807) is 0 Å². The lowest BCUT2D eigenvalue weighted by Gasteiger charge is -2.40. The fourth-order valence-electron chi connectivity index (χ4n) is 9.51. The van der Waals surface area contributed by atoms with E-state index in [1.807, 2.05) is 12.2 Å². The van der Waals surface area contributed by atoms with Crippen LogP contribution in [0.3, 0.4) is 0 Å². The monoisotopic (exact) mass is 1140 g/mol. The van der Waals surface area contributed by atoms with E-state index in [0.29, 0.717) is 19.3 Å². The first-order valence-electron chi connectivity index (χ1n) is 32.6. The fraction of sp³-hybridized carbons (Fsp3) is 0.739. The summed E-state index contributed by atoms with van der Waals surface area (Å²) >= 11 is 0. The number of aliphatic hydroxyl groups is 2. The fourth-order valence-corrected chi connectivity index (χ4v) is 9.51. The molecular formula is C69H116O12. The lowest BCUT2D eigenvalue weighted by atomic mass is 9.98. The second-order valence-electron chi connectivity index (χ2n) is 22.0. The Bertz CT molecular complexity index is 1730. The first-order chi connectivity index (χ1) is 39.6. The van der Waals surface area contributed by atoms with Crippen LogP contribution in [0.1, 0.15) is 278 Å². The Hall–Kier alpha value is -4.10. The molecule has 1 heterocycles. The lowest BCUT2D eigenvalue weighted by molar-refractivity contribution is -0.301. The molecule has 0 aromatic rings. The van der Waals surface area contributed by atoms with Crippen molar-refractivity contribution in [1.29, 1.82) is 0 Å². The standard InChI is InChI=1S/C69H116O12/c1-4-7-10-13-16-19-22-25-28-30-31-33-35-37-40-43-46-49-52-55-61(70)77-58-60(79-62(71)56-53-50-47-44-41-39-36-32-29-26-23-20-17-14-11-8-5-2)59-78-69-67(65(74)64(73)66(81-69)68(75)76)80-63(72)57-54-51-48-45-42-38-34-27-24-21-18-15-12-9-6-3/h7,10,16,19,25,27-28,31,33-34,37,40,46,49,60,64-67,69,73-74H,4-6,8-9,11-15,17-18,20-24,26,29-30,32,35-36,38-39,41-45,47-48,50-59H2,1-3H3,(H,75,76)/b10-7-,19-16-,28-25-,33-31-,34-27-,40-37-,49-46-. The van der Waals surface area contributed by atoms with Gasteiger partial charge in [-0.15, -0.1) is 0 Å². The van der Waals surface area contributed by atoms with Gasteiger partial charge in [0.15, 0.2) is 24.6 Å². The summed E-state index contributed by atoms with van der Waals surface area (Å²) in [7, 11) is 0. The van der Waals surface area contributed by atoms with Gasteiger partial charge in [-0.05, 0) is 83.5 Å². The SMILES string of the molecule is CC/C=C\C/C=C\C/C=C\C/C=C\C/C=C\C/C=C\CCC(=O)OCC(COC1OC(C(=O)O)C(O)C(O)C1OC(=O)CCCCCCC/C=C\CCCCCCCC)OC(=O)CCCCCCCCCCCCCCCCCCC. The van der Waals surface area contributed by atoms with E-state index in [9.17, 15) is 34.5 Å². The molecule has 0 aliphatic carbocycles. The van der Waals surface area contributed by atoms with Crippen LogP contribution in [-0.2, 0) is 42.9 Å². The molecule has 1 saturated heterocycles. The third-order valence-electron chi connectivity index (χ3n) is 14.5. The van der Waals surface area contributed by atoms with E-state index < -0.39 is 67.3 Å². The number of allylic oxidation sites excluding steroid dienone is 14. The number of esters is 3. The summed E-state index contributed by atoms with van der Waals surface area (Å²) in [6.45, 7) is 5.84. The van der Waals surface area contributed by atoms with E-state index in [2.05, 4.69) is 93.7 Å². The van der Waals surface area contributed by atoms with Gasteiger partial charge in [-0.2, -0.15) is 0 Å². The Morgan fingerprint density at radius 3 is 1.23 bits per heavy atom. The van der Waals surface area contributed by atoms with Crippen molar-refractivity contribution in [1.82, 2.24) is 0 Å². The van der Waals surface area contributed by atoms with E-state index in [1.165, 1.54) is 122 Å². The third-order valence-corrected chi connectivity index (χ3v) is 14.5. The molecule has 81 heavy (non-hydrogen) atoms. The number of rotatable bonds is 55. The van der Waals surface area contributed by atoms with Crippen molar-refractivity contribution in [2.45, 2.75) is 314 Å². The zero-order valence-corrected chi connectivity index (χ0v) is 51.3. The van der Waals surface area contributed by atoms with Crippen LogP contribution in [0.15, 0.2) is 85.1 Å². The highest BCUT2D eigenvalue weighted by atomic mass is 16.7. The summed E-state index contributed by atoms with van der Waals surface area (Å²) in [5.74, 6) is -3.23. The molecule has 6 unspecified atom stereocenters. The topological polar surface area (TPSA) is 175 Å². The normalized spacial score (nSPS) is 18.3. The molecule has 464 valence electrons. The van der Waals surface area contributed by atoms with Gasteiger partial charge >= 0.3 is 23.9 Å². The van der Waals surface area contributed by atoms with Crippen LogP contribution >= 0.6 is 0 Å². The number of aliphatic carboxylic acids is 1. The van der Waals surface area contributed by atoms with Gasteiger partial charge in [0.25, 0.3) is 0 Å². The number of carboxylic acids is 1. The summed E-state index contributed by atoms with van der Waals surface area (Å²) in [5.41, 5.74) is 0. The molecule has 1 rings (SSSR count). The average Bonchev–Trinajstić information content (AvgIpc) is 3.53. The Morgan fingerprint density at radius 2 is 0.802 bits per heavy atom. The van der Waals surface area contributed by atoms with Crippen LogP contribution in [-0.4, -0.2) is 89.2 Å². The molecular weight excluding hydrogens is 1020 g/mol. The molecule has 3 N–H and O–H groups in total. The van der Waals surface area contributed by atoms with E-state index in [-0.39, 0.29) is 25.9 Å². The number of aliphatic hydroxyl groups excluding tert-OH is 2. The molecule has 0 spiro atoms. The second kappa shape index (κ2) is 56.4. The maximum Gasteiger partial charge on any atom is 0.335 e. The highest BCUT2D eigenvalue weighted by molar-refractivity contribution is 5.74. The van der Waals surface area contributed by atoms with E-state index in [0.717, 1.165) is 96.3 Å². The number of unbranched alkanes of at least 4 members (excludes halogenated alkanes) is 27. The Morgan fingerprint density at radius 1 is 0.420 bits per heavy atom. The van der Waals surface area contributed by atoms with Crippen LogP contribution in [0.4, 0.5) is 0 Å². The number of hydrogen-bond acceptors (Lipinski definition) is 11. The van der Waals surface area contributed by atoms with Gasteiger partial charge in [0.2, 0.25) is 0 Å². The maximum absolute atomic E-state index is 13.2. The highest BCUT2D eigenvalue weighted by Gasteiger charge is 2.50. The zero-order chi connectivity index (χ0) is 58.9. The smallest absolute Gasteiger partial charge is 0.335 e. The summed E-state index contributed by atoms with van der Waals surface area (Å²) < 4.78 is 28.4. The van der Waals surface area contributed by atoms with Crippen molar-refractivity contribution in [3.63, 3.8) is 0 Å². The molecule has 1 aliphatic rings. The largest absolute Gasteiger partial charge is 0.479 e. The highest BCUT2D eigenvalue weighted by Crippen LogP contribution is 2.27. The molecule has 0 bridgehead atoms. The van der Waals surface area contributed by atoms with Crippen molar-refractivity contribution in [2.24, 2.45) is 0 Å². The number of carbonyl (C=O) groups excluding carboxylic acids is 3. The molecule has 6 atom stereocenters. The van der Waals surface area contributed by atoms with Crippen LogP contribution in [0, 0.1) is 0 Å². The van der Waals surface area contributed by atoms with Gasteiger partial charge in [0, 0.05) is 19.3 Å². The quantitative estimate of drug-likeness (QED) is 0.0228. The zero-order valence-electron chi connectivity index (χ0n) is 51.3. The van der Waals surface area contributed by atoms with Crippen LogP contribution in [0.25, 0.3) is 0 Å². The Labute approximate surface area is 492 Å². The predicted molar refractivity (Wildman–Crippen MR) is 331 cm³/mol. The number of carbonyl (C=O) groups is 4. The number of ether oxygens (including phenoxy) is 5. The Balaban J connectivity index is 2.71. The summed E-state index contributed by atoms with van der Waals surface area (Å²) in [5, 5.41) is 31.6. The number of hydrogen-bond donors (Lipinski definition) is 3. The molecule has 0 radical (unpaired) electrons. The van der Waals surface area contributed by atoms with Gasteiger partial charge in [-0.3, -0.25) is 14.4 Å². The predicted octanol–water partition coefficient (Wildman–Crippen LogP) is 17.5. The lowest BCUT2D eigenvalue weighted by Crippen LogP contribution is -2.61. The van der Waals surface area contributed by atoms with Crippen LogP contribution in [0.2, 0.25) is 0 Å². The van der Waals surface area contributed by atoms with Crippen molar-refractivity contribution in [3.05, 3.63) is 85.1 Å². The van der Waals surface area contributed by atoms with Crippen molar-refractivity contribution >= 4 is 23.9 Å². The van der Waals surface area contributed by atoms with Crippen LogP contribution < -0.4 is 0 Å². The van der Waals surface area contributed by atoms with Crippen LogP contribution in [0.5, 0.6) is 0 Å². The Kier molecular flexibility index (Phi) is 52.1. The molecule has 1 fully saturated rings. The van der Waals surface area contributed by atoms with Gasteiger partial charge < -0.3 is 39.0 Å². The van der Waals surface area contributed by atoms with Gasteiger partial charge in [-0.25, -0.2) is 4.79 Å². The number of carboxylic acid groups (broad SMARTS) is 1.